The first-order chi connectivity index (χ1) is 12.7. The molecule has 4 heterocycles. The maximum absolute atomic E-state index is 2.53. The van der Waals surface area contributed by atoms with Crippen LogP contribution in [0.25, 0.3) is 39.7 Å². The van der Waals surface area contributed by atoms with Gasteiger partial charge >= 0.3 is 0 Å². The highest BCUT2D eigenvalue weighted by Crippen LogP contribution is 2.59. The smallest absolute Gasteiger partial charge is 0.0495 e. The molecule has 0 saturated carbocycles. The molecule has 1 aromatic carbocycles. The van der Waals surface area contributed by atoms with Crippen molar-refractivity contribution in [2.75, 3.05) is 0 Å². The third-order valence-electron chi connectivity index (χ3n) is 6.17. The third kappa shape index (κ3) is 1.54. The Morgan fingerprint density at radius 1 is 0.692 bits per heavy atom. The summed E-state index contributed by atoms with van der Waals surface area (Å²) in [6, 6.07) is 9.64. The van der Waals surface area contributed by atoms with Gasteiger partial charge in [-0.2, -0.15) is 0 Å². The second-order valence-electron chi connectivity index (χ2n) is 7.39. The van der Waals surface area contributed by atoms with Crippen LogP contribution in [0.15, 0.2) is 35.0 Å². The largest absolute Gasteiger partial charge is 0.143 e. The normalized spacial score (nSPS) is 19.9. The van der Waals surface area contributed by atoms with Gasteiger partial charge in [0.15, 0.2) is 0 Å². The Morgan fingerprint density at radius 3 is 1.62 bits per heavy atom. The van der Waals surface area contributed by atoms with E-state index in [0.717, 1.165) is 0 Å². The van der Waals surface area contributed by atoms with E-state index < -0.39 is 0 Å². The maximum Gasteiger partial charge on any atom is 0.0495 e. The van der Waals surface area contributed by atoms with Gasteiger partial charge in [0.1, 0.15) is 0 Å². The SMILES string of the molecule is CC1c2cc3c(cc2-c2sc4ccsc4c21)C(C)c1c-3sc2ccsc12. The standard InChI is InChI=1S/C22H14S4/c1-9-11-7-14-12(10(2)18-20(14)26-16-4-6-24-22(16)18)8-13(11)19-17(9)21-15(25-19)3-5-23-21/h3-10H,1-2H3. The highest BCUT2D eigenvalue weighted by Gasteiger charge is 2.36. The molecular weight excluding hydrogens is 393 g/mol. The number of fused-ring (bicyclic) bond motifs is 10. The van der Waals surface area contributed by atoms with E-state index in [2.05, 4.69) is 48.9 Å². The monoisotopic (exact) mass is 406 g/mol. The summed E-state index contributed by atoms with van der Waals surface area (Å²) in [5.74, 6) is 1.02. The van der Waals surface area contributed by atoms with Crippen molar-refractivity contribution in [1.82, 2.24) is 0 Å². The maximum atomic E-state index is 2.53. The Hall–Kier alpha value is -1.46. The molecule has 2 aliphatic carbocycles. The van der Waals surface area contributed by atoms with Gasteiger partial charge in [-0.1, -0.05) is 13.8 Å². The van der Waals surface area contributed by atoms with Crippen LogP contribution in [0.3, 0.4) is 0 Å². The van der Waals surface area contributed by atoms with E-state index in [1.54, 1.807) is 11.1 Å². The van der Waals surface area contributed by atoms with Crippen LogP contribution in [0.2, 0.25) is 0 Å². The highest BCUT2D eigenvalue weighted by atomic mass is 32.1. The Kier molecular flexibility index (Phi) is 2.63. The molecule has 2 atom stereocenters. The molecule has 126 valence electrons. The van der Waals surface area contributed by atoms with Gasteiger partial charge in [-0.25, -0.2) is 0 Å². The zero-order valence-electron chi connectivity index (χ0n) is 14.3. The zero-order chi connectivity index (χ0) is 17.2. The molecule has 2 aliphatic rings. The summed E-state index contributed by atoms with van der Waals surface area (Å²) in [5, 5.41) is 4.48. The lowest BCUT2D eigenvalue weighted by Crippen LogP contribution is -1.93. The number of rotatable bonds is 0. The number of thiophene rings is 4. The molecule has 0 fully saturated rings. The van der Waals surface area contributed by atoms with Crippen LogP contribution in [-0.4, -0.2) is 0 Å². The molecule has 0 spiro atoms. The van der Waals surface area contributed by atoms with Gasteiger partial charge in [-0.15, -0.1) is 45.3 Å². The molecule has 4 heteroatoms. The predicted octanol–water partition coefficient (Wildman–Crippen LogP) is 8.50. The van der Waals surface area contributed by atoms with Gasteiger partial charge < -0.3 is 0 Å². The summed E-state index contributed by atoms with van der Waals surface area (Å²) in [6.07, 6.45) is 0. The Balaban J connectivity index is 1.53. The van der Waals surface area contributed by atoms with Gasteiger partial charge in [0.25, 0.3) is 0 Å². The summed E-state index contributed by atoms with van der Waals surface area (Å²) in [6.45, 7) is 4.80. The van der Waals surface area contributed by atoms with Crippen LogP contribution in [0, 0.1) is 0 Å². The molecule has 5 aromatic rings. The van der Waals surface area contributed by atoms with Crippen molar-refractivity contribution in [2.24, 2.45) is 0 Å². The molecule has 0 saturated heterocycles. The Bertz CT molecular complexity index is 1260. The average molecular weight is 407 g/mol. The molecule has 0 N–H and O–H groups in total. The third-order valence-corrected chi connectivity index (χ3v) is 10.7. The summed E-state index contributed by atoms with van der Waals surface area (Å²) >= 11 is 7.80. The molecule has 0 aliphatic heterocycles. The molecule has 7 rings (SSSR count). The van der Waals surface area contributed by atoms with Crippen molar-refractivity contribution in [3.8, 4) is 20.9 Å². The Morgan fingerprint density at radius 2 is 1.15 bits per heavy atom. The second kappa shape index (κ2) is 4.68. The predicted molar refractivity (Wildman–Crippen MR) is 119 cm³/mol. The second-order valence-corrected chi connectivity index (χ2v) is 11.3. The van der Waals surface area contributed by atoms with Gasteiger partial charge in [0.2, 0.25) is 0 Å². The van der Waals surface area contributed by atoms with E-state index in [1.807, 2.05) is 45.3 Å². The van der Waals surface area contributed by atoms with E-state index in [9.17, 15) is 0 Å². The number of benzene rings is 1. The Labute approximate surface area is 167 Å². The fraction of sp³-hybridized carbons (Fsp3) is 0.182. The first kappa shape index (κ1) is 14.6. The molecule has 0 nitrogen and oxygen atoms in total. The summed E-state index contributed by atoms with van der Waals surface area (Å²) in [7, 11) is 0. The summed E-state index contributed by atoms with van der Waals surface area (Å²) in [4.78, 5) is 3.06. The van der Waals surface area contributed by atoms with Crippen molar-refractivity contribution in [3.05, 3.63) is 57.3 Å². The van der Waals surface area contributed by atoms with Crippen LogP contribution >= 0.6 is 45.3 Å². The van der Waals surface area contributed by atoms with Gasteiger partial charge in [-0.3, -0.25) is 0 Å². The minimum Gasteiger partial charge on any atom is -0.143 e. The molecule has 0 bridgehead atoms. The molecule has 0 radical (unpaired) electrons. The summed E-state index contributed by atoms with van der Waals surface area (Å²) < 4.78 is 5.95. The molecule has 2 unspecified atom stereocenters. The van der Waals surface area contributed by atoms with Crippen LogP contribution in [0.4, 0.5) is 0 Å². The van der Waals surface area contributed by atoms with Crippen LogP contribution in [-0.2, 0) is 0 Å². The minimum atomic E-state index is 0.512. The van der Waals surface area contributed by atoms with Gasteiger partial charge in [-0.05, 0) is 68.4 Å². The molecule has 26 heavy (non-hydrogen) atoms. The average Bonchev–Trinajstić information content (AvgIpc) is 3.40. The zero-order valence-corrected chi connectivity index (χ0v) is 17.5. The minimum absolute atomic E-state index is 0.512. The van der Waals surface area contributed by atoms with Crippen LogP contribution in [0.5, 0.6) is 0 Å². The molecule has 0 amide bonds. The van der Waals surface area contributed by atoms with Crippen molar-refractivity contribution >= 4 is 64.1 Å². The van der Waals surface area contributed by atoms with E-state index in [4.69, 9.17) is 0 Å². The van der Waals surface area contributed by atoms with Crippen molar-refractivity contribution in [1.29, 1.82) is 0 Å². The van der Waals surface area contributed by atoms with Crippen LogP contribution < -0.4 is 0 Å². The lowest BCUT2D eigenvalue weighted by Gasteiger charge is -2.12. The van der Waals surface area contributed by atoms with Crippen molar-refractivity contribution in [2.45, 2.75) is 25.7 Å². The quantitative estimate of drug-likeness (QED) is 0.242. The fourth-order valence-corrected chi connectivity index (χ4v) is 10.1. The fourth-order valence-electron chi connectivity index (χ4n) is 4.93. The topological polar surface area (TPSA) is 0 Å². The van der Waals surface area contributed by atoms with Gasteiger partial charge in [0.05, 0.1) is 0 Å². The molecule has 4 aromatic heterocycles. The number of hydrogen-bond donors (Lipinski definition) is 0. The van der Waals surface area contributed by atoms with E-state index >= 15 is 0 Å². The lowest BCUT2D eigenvalue weighted by molar-refractivity contribution is 0.955. The van der Waals surface area contributed by atoms with Crippen molar-refractivity contribution < 1.29 is 0 Å². The number of hydrogen-bond acceptors (Lipinski definition) is 4. The first-order valence-electron chi connectivity index (χ1n) is 8.90. The van der Waals surface area contributed by atoms with E-state index in [1.165, 1.54) is 50.8 Å². The summed E-state index contributed by atoms with van der Waals surface area (Å²) in [5.41, 5.74) is 9.25. The highest BCUT2D eigenvalue weighted by molar-refractivity contribution is 7.30. The van der Waals surface area contributed by atoms with Crippen molar-refractivity contribution in [3.63, 3.8) is 0 Å². The first-order valence-corrected chi connectivity index (χ1v) is 12.3. The van der Waals surface area contributed by atoms with Gasteiger partial charge in [0, 0.05) is 40.4 Å². The van der Waals surface area contributed by atoms with Crippen LogP contribution in [0.1, 0.15) is 47.9 Å². The van der Waals surface area contributed by atoms with E-state index in [0.29, 0.717) is 11.8 Å². The molecular formula is C22H14S4. The van der Waals surface area contributed by atoms with E-state index in [-0.39, 0.29) is 0 Å². The lowest BCUT2D eigenvalue weighted by atomic mass is 9.93.